The van der Waals surface area contributed by atoms with Gasteiger partial charge in [-0.3, -0.25) is 14.4 Å². The van der Waals surface area contributed by atoms with Crippen molar-refractivity contribution >= 4 is 17.9 Å². The molecule has 0 radical (unpaired) electrons. The zero-order valence-electron chi connectivity index (χ0n) is 51.3. The van der Waals surface area contributed by atoms with Gasteiger partial charge in [-0.15, -0.1) is 0 Å². The summed E-state index contributed by atoms with van der Waals surface area (Å²) < 4.78 is 16.9. The van der Waals surface area contributed by atoms with Crippen LogP contribution in [0.15, 0.2) is 134 Å². The lowest BCUT2D eigenvalue weighted by molar-refractivity contribution is -0.167. The van der Waals surface area contributed by atoms with Crippen LogP contribution in [0.25, 0.3) is 0 Å². The number of unbranched alkanes of at least 4 members (excludes halogenated alkanes) is 25. The molecule has 0 aliphatic heterocycles. The minimum absolute atomic E-state index is 0.0927. The van der Waals surface area contributed by atoms with Crippen molar-refractivity contribution in [2.45, 2.75) is 297 Å². The van der Waals surface area contributed by atoms with E-state index in [1.165, 1.54) is 83.5 Å². The van der Waals surface area contributed by atoms with Crippen molar-refractivity contribution in [3.05, 3.63) is 134 Å². The average Bonchev–Trinajstić information content (AvgIpc) is 3.45. The Hall–Kier alpha value is -4.45. The van der Waals surface area contributed by atoms with Crippen molar-refractivity contribution in [2.75, 3.05) is 13.2 Å². The first kappa shape index (κ1) is 74.5. The molecular formula is C73H120O6. The Morgan fingerprint density at radius 3 is 0.709 bits per heavy atom. The molecule has 6 heteroatoms. The predicted octanol–water partition coefficient (Wildman–Crippen LogP) is 22.5. The molecule has 1 atom stereocenters. The van der Waals surface area contributed by atoms with Crippen LogP contribution < -0.4 is 0 Å². The van der Waals surface area contributed by atoms with Gasteiger partial charge in [0.1, 0.15) is 13.2 Å². The maximum atomic E-state index is 12.9. The Labute approximate surface area is 487 Å². The standard InChI is InChI=1S/C73H120O6/c1-4-7-10-13-16-19-22-25-28-29-30-31-32-33-34-35-36-37-38-39-40-41-42-43-46-48-51-54-57-60-63-66-72(75)78-69-70(79-73(76)67-64-61-58-55-52-49-45-27-24-21-18-15-12-9-6-3)68-77-71(74)65-62-59-56-53-50-47-44-26-23-20-17-14-11-8-5-2/h7-12,16-21,25-28,30-31,33-34,44-45,70H,4-6,13-15,22-24,29,32,35-43,46-69H2,1-3H3/b10-7-,11-8-,12-9-,19-16-,20-17-,21-18-,28-25-,31-30-,34-33-,44-26-,45-27-. The maximum absolute atomic E-state index is 12.9. The van der Waals surface area contributed by atoms with Gasteiger partial charge in [-0.05, 0) is 128 Å². The van der Waals surface area contributed by atoms with E-state index in [0.29, 0.717) is 19.3 Å². The lowest BCUT2D eigenvalue weighted by atomic mass is 10.0. The summed E-state index contributed by atoms with van der Waals surface area (Å²) in [6.07, 6.45) is 93.3. The van der Waals surface area contributed by atoms with Gasteiger partial charge in [-0.25, -0.2) is 0 Å². The number of carbonyl (C=O) groups excluding carboxylic acids is 3. The van der Waals surface area contributed by atoms with Crippen LogP contribution >= 0.6 is 0 Å². The van der Waals surface area contributed by atoms with E-state index < -0.39 is 6.10 Å². The second-order valence-electron chi connectivity index (χ2n) is 21.2. The molecule has 79 heavy (non-hydrogen) atoms. The molecule has 0 amide bonds. The summed E-state index contributed by atoms with van der Waals surface area (Å²) >= 11 is 0. The number of hydrogen-bond donors (Lipinski definition) is 0. The molecule has 0 saturated heterocycles. The number of allylic oxidation sites excluding steroid dienone is 22. The lowest BCUT2D eigenvalue weighted by Crippen LogP contribution is -2.30. The van der Waals surface area contributed by atoms with Crippen LogP contribution in [-0.4, -0.2) is 37.2 Å². The van der Waals surface area contributed by atoms with Gasteiger partial charge < -0.3 is 14.2 Å². The molecule has 0 aliphatic rings. The first-order valence-electron chi connectivity index (χ1n) is 32.7. The second-order valence-corrected chi connectivity index (χ2v) is 21.2. The van der Waals surface area contributed by atoms with Gasteiger partial charge in [-0.2, -0.15) is 0 Å². The molecule has 0 saturated carbocycles. The molecule has 0 heterocycles. The highest BCUT2D eigenvalue weighted by molar-refractivity contribution is 5.71. The third kappa shape index (κ3) is 64.3. The predicted molar refractivity (Wildman–Crippen MR) is 343 cm³/mol. The first-order valence-corrected chi connectivity index (χ1v) is 32.7. The van der Waals surface area contributed by atoms with Crippen molar-refractivity contribution in [2.24, 2.45) is 0 Å². The summed E-state index contributed by atoms with van der Waals surface area (Å²) in [6, 6.07) is 0. The molecule has 0 fully saturated rings. The van der Waals surface area contributed by atoms with Gasteiger partial charge in [0, 0.05) is 19.3 Å². The summed E-state index contributed by atoms with van der Waals surface area (Å²) in [5.41, 5.74) is 0. The van der Waals surface area contributed by atoms with E-state index >= 15 is 0 Å². The monoisotopic (exact) mass is 1090 g/mol. The van der Waals surface area contributed by atoms with E-state index in [9.17, 15) is 14.4 Å². The molecule has 0 aromatic heterocycles. The van der Waals surface area contributed by atoms with Crippen molar-refractivity contribution in [3.63, 3.8) is 0 Å². The molecular weight excluding hydrogens is 973 g/mol. The molecule has 0 spiro atoms. The van der Waals surface area contributed by atoms with Gasteiger partial charge in [0.25, 0.3) is 0 Å². The van der Waals surface area contributed by atoms with Crippen molar-refractivity contribution in [1.82, 2.24) is 0 Å². The summed E-state index contributed by atoms with van der Waals surface area (Å²) in [6.45, 7) is 6.28. The normalized spacial score (nSPS) is 13.0. The average molecular weight is 1090 g/mol. The highest BCUT2D eigenvalue weighted by atomic mass is 16.6. The van der Waals surface area contributed by atoms with Crippen LogP contribution in [0.3, 0.4) is 0 Å². The number of carbonyl (C=O) groups is 3. The van der Waals surface area contributed by atoms with Gasteiger partial charge in [-0.1, -0.05) is 276 Å². The second kappa shape index (κ2) is 66.1. The molecule has 6 nitrogen and oxygen atoms in total. The van der Waals surface area contributed by atoms with Gasteiger partial charge in [0.2, 0.25) is 0 Å². The Morgan fingerprint density at radius 2 is 0.456 bits per heavy atom. The Morgan fingerprint density at radius 1 is 0.253 bits per heavy atom. The van der Waals surface area contributed by atoms with Crippen LogP contribution in [0.1, 0.15) is 290 Å². The number of ether oxygens (including phenoxy) is 3. The van der Waals surface area contributed by atoms with E-state index in [4.69, 9.17) is 14.2 Å². The van der Waals surface area contributed by atoms with E-state index in [0.717, 1.165) is 167 Å². The Bertz CT molecular complexity index is 1680. The number of esters is 3. The van der Waals surface area contributed by atoms with E-state index in [2.05, 4.69) is 154 Å². The number of hydrogen-bond acceptors (Lipinski definition) is 6. The zero-order valence-corrected chi connectivity index (χ0v) is 51.3. The van der Waals surface area contributed by atoms with E-state index in [1.54, 1.807) is 0 Å². The van der Waals surface area contributed by atoms with Crippen LogP contribution in [-0.2, 0) is 28.6 Å². The molecule has 1 unspecified atom stereocenters. The quantitative estimate of drug-likeness (QED) is 0.0261. The van der Waals surface area contributed by atoms with Gasteiger partial charge in [0.05, 0.1) is 0 Å². The fourth-order valence-electron chi connectivity index (χ4n) is 8.85. The molecule has 448 valence electrons. The Balaban J connectivity index is 4.26. The largest absolute Gasteiger partial charge is 0.462 e. The minimum atomic E-state index is -0.799. The van der Waals surface area contributed by atoms with Crippen molar-refractivity contribution in [1.29, 1.82) is 0 Å². The number of rotatable bonds is 58. The third-order valence-electron chi connectivity index (χ3n) is 13.6. The topological polar surface area (TPSA) is 78.9 Å². The van der Waals surface area contributed by atoms with E-state index in [-0.39, 0.29) is 31.1 Å². The third-order valence-corrected chi connectivity index (χ3v) is 13.6. The van der Waals surface area contributed by atoms with Crippen LogP contribution in [0, 0.1) is 0 Å². The zero-order chi connectivity index (χ0) is 57.1. The summed E-state index contributed by atoms with van der Waals surface area (Å²) in [7, 11) is 0. The van der Waals surface area contributed by atoms with Crippen LogP contribution in [0.5, 0.6) is 0 Å². The molecule has 0 aromatic rings. The smallest absolute Gasteiger partial charge is 0.306 e. The Kier molecular flexibility index (Phi) is 62.3. The first-order chi connectivity index (χ1) is 39.0. The summed E-state index contributed by atoms with van der Waals surface area (Å²) in [5, 5.41) is 0. The molecule has 0 aromatic carbocycles. The fourth-order valence-corrected chi connectivity index (χ4v) is 8.85. The fraction of sp³-hybridized carbons (Fsp3) is 0.658. The van der Waals surface area contributed by atoms with Gasteiger partial charge in [0.15, 0.2) is 6.10 Å². The summed E-state index contributed by atoms with van der Waals surface area (Å²) in [5.74, 6) is -0.924. The molecule has 0 N–H and O–H groups in total. The van der Waals surface area contributed by atoms with Gasteiger partial charge >= 0.3 is 17.9 Å². The summed E-state index contributed by atoms with van der Waals surface area (Å²) in [4.78, 5) is 38.3. The molecule has 0 bridgehead atoms. The minimum Gasteiger partial charge on any atom is -0.462 e. The molecule has 0 rings (SSSR count). The highest BCUT2D eigenvalue weighted by Gasteiger charge is 2.19. The SMILES string of the molecule is CC/C=C\C/C=C\C/C=C\C/C=C\C/C=C\CCCCCCCCCCCCCCCCCC(=O)OCC(COC(=O)CCCCCCC/C=C\C/C=C\C/C=C\CC)OC(=O)CCCCCCC/C=C\C/C=C\C/C=C\CC. The maximum Gasteiger partial charge on any atom is 0.306 e. The highest BCUT2D eigenvalue weighted by Crippen LogP contribution is 2.16. The van der Waals surface area contributed by atoms with Crippen molar-refractivity contribution < 1.29 is 28.6 Å². The van der Waals surface area contributed by atoms with Crippen LogP contribution in [0.4, 0.5) is 0 Å². The van der Waals surface area contributed by atoms with E-state index in [1.807, 2.05) is 0 Å². The van der Waals surface area contributed by atoms with Crippen molar-refractivity contribution in [3.8, 4) is 0 Å². The lowest BCUT2D eigenvalue weighted by Gasteiger charge is -2.18. The molecule has 0 aliphatic carbocycles. The van der Waals surface area contributed by atoms with Crippen LogP contribution in [0.2, 0.25) is 0 Å².